The number of non-ortho nitro benzene ring substituents is 1. The number of nitro benzene ring substituents is 1. The van der Waals surface area contributed by atoms with Gasteiger partial charge in [0.25, 0.3) is 5.69 Å². The zero-order chi connectivity index (χ0) is 32.9. The minimum Gasteiger partial charge on any atom is -0.481 e. The summed E-state index contributed by atoms with van der Waals surface area (Å²) in [6, 6.07) is 2.78. The van der Waals surface area contributed by atoms with Gasteiger partial charge < -0.3 is 36.1 Å². The fraction of sp³-hybridized carbons (Fsp3) is 0.333. The van der Waals surface area contributed by atoms with E-state index in [0.29, 0.717) is 19.4 Å². The Morgan fingerprint density at radius 1 is 1.16 bits per heavy atom. The molecular formula is C24H27N7O12S. The van der Waals surface area contributed by atoms with Crippen LogP contribution in [0.15, 0.2) is 38.8 Å². The maximum atomic E-state index is 12.1. The van der Waals surface area contributed by atoms with Crippen LogP contribution in [0.25, 0.3) is 21.8 Å². The number of hydrogen-bond donors (Lipinski definition) is 7. The number of carboxylic acid groups (broad SMARTS) is 2. The number of H-pyrrole nitrogens is 2. The molecule has 1 aliphatic rings. The molecule has 9 N–H and O–H groups in total. The van der Waals surface area contributed by atoms with Gasteiger partial charge in [0.1, 0.15) is 12.1 Å². The van der Waals surface area contributed by atoms with Crippen LogP contribution in [0.5, 0.6) is 0 Å². The number of nitro groups is 1. The summed E-state index contributed by atoms with van der Waals surface area (Å²) in [6.07, 6.45) is 0.487. The van der Waals surface area contributed by atoms with Gasteiger partial charge >= 0.3 is 23.1 Å². The Bertz CT molecular complexity index is 1890. The number of fused-ring (bicyclic) bond motifs is 3. The Morgan fingerprint density at radius 2 is 1.82 bits per heavy atom. The Balaban J connectivity index is 0.000000242. The van der Waals surface area contributed by atoms with E-state index in [-0.39, 0.29) is 47.1 Å². The molecule has 2 aromatic carbocycles. The summed E-state index contributed by atoms with van der Waals surface area (Å²) in [5, 5.41) is 36.1. The number of nitrogens with two attached hydrogens (primary N) is 2. The van der Waals surface area contributed by atoms with Gasteiger partial charge in [0.05, 0.1) is 32.8 Å². The minimum absolute atomic E-state index is 0.000342. The number of nitrogens with zero attached hydrogens (tertiary/aromatic N) is 2. The van der Waals surface area contributed by atoms with Crippen molar-refractivity contribution in [1.82, 2.24) is 20.2 Å². The number of carboxylic acids is 2. The molecule has 44 heavy (non-hydrogen) atoms. The third-order valence-electron chi connectivity index (χ3n) is 6.61. The molecule has 1 aliphatic heterocycles. The zero-order valence-corrected chi connectivity index (χ0v) is 23.5. The average Bonchev–Trinajstić information content (AvgIpc) is 3.44. The first-order valence-electron chi connectivity index (χ1n) is 12.7. The summed E-state index contributed by atoms with van der Waals surface area (Å²) in [5.74, 6) is -3.41. The lowest BCUT2D eigenvalue weighted by molar-refractivity contribution is -0.383. The number of carbonyl (C=O) groups is 4. The van der Waals surface area contributed by atoms with Gasteiger partial charge in [0.15, 0.2) is 0 Å². The first-order chi connectivity index (χ1) is 20.6. The molecule has 2 amide bonds. The highest BCUT2D eigenvalue weighted by molar-refractivity contribution is 7.89. The molecule has 19 nitrogen and oxygen atoms in total. The molecule has 1 saturated heterocycles. The van der Waals surface area contributed by atoms with Gasteiger partial charge in [-0.2, -0.15) is 0 Å². The molecule has 0 unspecified atom stereocenters. The normalized spacial score (nSPS) is 15.3. The SMILES string of the molecule is NCC(=O)N1CCC[C@H]1C(=O)N[C@@H](CCC(=O)O)C(=O)O.NS(=O)(=O)c1cccc2c1c([N+](=O)[O-])cc1[nH]c(=O)c(=O)[nH]c12. The number of primary sulfonamides is 1. The number of hydrogen-bond acceptors (Lipinski definition) is 11. The van der Waals surface area contributed by atoms with Crippen LogP contribution in [-0.4, -0.2) is 87.3 Å². The fourth-order valence-corrected chi connectivity index (χ4v) is 5.41. The lowest BCUT2D eigenvalue weighted by atomic mass is 10.1. The fourth-order valence-electron chi connectivity index (χ4n) is 4.64. The van der Waals surface area contributed by atoms with Gasteiger partial charge in [-0.25, -0.2) is 18.4 Å². The molecule has 0 saturated carbocycles. The average molecular weight is 638 g/mol. The van der Waals surface area contributed by atoms with Crippen molar-refractivity contribution in [3.8, 4) is 0 Å². The van der Waals surface area contributed by atoms with Crippen molar-refractivity contribution >= 4 is 61.3 Å². The molecule has 2 atom stereocenters. The molecular weight excluding hydrogens is 610 g/mol. The molecule has 4 rings (SSSR count). The van der Waals surface area contributed by atoms with Crippen molar-refractivity contribution in [2.24, 2.45) is 10.9 Å². The Morgan fingerprint density at radius 3 is 2.39 bits per heavy atom. The van der Waals surface area contributed by atoms with E-state index in [0.717, 1.165) is 12.1 Å². The molecule has 0 aliphatic carbocycles. The van der Waals surface area contributed by atoms with Crippen molar-refractivity contribution in [1.29, 1.82) is 0 Å². The maximum Gasteiger partial charge on any atom is 0.326 e. The van der Waals surface area contributed by atoms with Crippen molar-refractivity contribution in [3.63, 3.8) is 0 Å². The summed E-state index contributed by atoms with van der Waals surface area (Å²) in [7, 11) is -4.24. The number of aromatic nitrogens is 2. The van der Waals surface area contributed by atoms with Crippen LogP contribution in [0.3, 0.4) is 0 Å². The Hall–Kier alpha value is -5.21. The molecule has 0 bridgehead atoms. The topological polar surface area (TPSA) is 319 Å². The number of amides is 2. The lowest BCUT2D eigenvalue weighted by Gasteiger charge is -2.25. The Labute approximate surface area is 246 Å². The van der Waals surface area contributed by atoms with Gasteiger partial charge in [-0.05, 0) is 25.3 Å². The van der Waals surface area contributed by atoms with Gasteiger partial charge in [-0.15, -0.1) is 0 Å². The van der Waals surface area contributed by atoms with Crippen molar-refractivity contribution in [3.05, 3.63) is 55.1 Å². The summed E-state index contributed by atoms with van der Waals surface area (Å²) < 4.78 is 23.4. The second-order valence-corrected chi connectivity index (χ2v) is 11.0. The largest absolute Gasteiger partial charge is 0.481 e. The van der Waals surface area contributed by atoms with Crippen LogP contribution in [0.1, 0.15) is 25.7 Å². The number of carbonyl (C=O) groups excluding carboxylic acids is 2. The summed E-state index contributed by atoms with van der Waals surface area (Å²) >= 11 is 0. The smallest absolute Gasteiger partial charge is 0.326 e. The third kappa shape index (κ3) is 7.40. The second kappa shape index (κ2) is 13.4. The van der Waals surface area contributed by atoms with E-state index in [1.54, 1.807) is 0 Å². The highest BCUT2D eigenvalue weighted by Gasteiger charge is 2.35. The van der Waals surface area contributed by atoms with Crippen LogP contribution in [0.2, 0.25) is 0 Å². The predicted molar refractivity (Wildman–Crippen MR) is 151 cm³/mol. The third-order valence-corrected chi connectivity index (χ3v) is 7.56. The minimum atomic E-state index is -4.24. The maximum absolute atomic E-state index is 12.1. The highest BCUT2D eigenvalue weighted by atomic mass is 32.2. The molecule has 236 valence electrons. The van der Waals surface area contributed by atoms with E-state index in [9.17, 15) is 47.3 Å². The number of rotatable bonds is 9. The van der Waals surface area contributed by atoms with Crippen molar-refractivity contribution in [2.45, 2.75) is 42.7 Å². The second-order valence-electron chi connectivity index (χ2n) is 9.49. The number of likely N-dealkylation sites (tertiary alicyclic amines) is 1. The van der Waals surface area contributed by atoms with Gasteiger partial charge in [0, 0.05) is 24.4 Å². The molecule has 1 aromatic heterocycles. The number of nitrogens with one attached hydrogen (secondary N) is 3. The first kappa shape index (κ1) is 33.3. The summed E-state index contributed by atoms with van der Waals surface area (Å²) in [4.78, 5) is 84.0. The predicted octanol–water partition coefficient (Wildman–Crippen LogP) is -1.70. The molecule has 3 aromatic rings. The van der Waals surface area contributed by atoms with Crippen LogP contribution >= 0.6 is 0 Å². The molecule has 0 radical (unpaired) electrons. The highest BCUT2D eigenvalue weighted by Crippen LogP contribution is 2.35. The van der Waals surface area contributed by atoms with Gasteiger partial charge in [-0.3, -0.25) is 34.1 Å². The molecule has 1 fully saturated rings. The Kier molecular flexibility index (Phi) is 10.1. The number of sulfonamides is 1. The number of aromatic amines is 2. The van der Waals surface area contributed by atoms with Crippen LogP contribution < -0.4 is 27.3 Å². The van der Waals surface area contributed by atoms with E-state index >= 15 is 0 Å². The molecule has 0 spiro atoms. The summed E-state index contributed by atoms with van der Waals surface area (Å²) in [5.41, 5.74) is 2.83. The van der Waals surface area contributed by atoms with Gasteiger partial charge in [0.2, 0.25) is 21.8 Å². The van der Waals surface area contributed by atoms with E-state index in [1.165, 1.54) is 17.0 Å². The monoisotopic (exact) mass is 637 g/mol. The molecule has 2 heterocycles. The lowest BCUT2D eigenvalue weighted by Crippen LogP contribution is -2.51. The van der Waals surface area contributed by atoms with Gasteiger partial charge in [-0.1, -0.05) is 12.1 Å². The van der Waals surface area contributed by atoms with Crippen LogP contribution in [0.4, 0.5) is 5.69 Å². The van der Waals surface area contributed by atoms with Crippen molar-refractivity contribution in [2.75, 3.05) is 13.1 Å². The van der Waals surface area contributed by atoms with Crippen molar-refractivity contribution < 1.29 is 42.7 Å². The van der Waals surface area contributed by atoms with E-state index in [1.807, 2.05) is 0 Å². The molecule has 20 heteroatoms. The number of benzene rings is 2. The van der Waals surface area contributed by atoms with Crippen LogP contribution in [-0.2, 0) is 29.2 Å². The van der Waals surface area contributed by atoms with E-state index < -0.39 is 66.6 Å². The number of aliphatic carboxylic acids is 2. The van der Waals surface area contributed by atoms with E-state index in [4.69, 9.17) is 21.1 Å². The quantitative estimate of drug-likeness (QED) is 0.0596. The van der Waals surface area contributed by atoms with E-state index in [2.05, 4.69) is 15.3 Å². The standard InChI is InChI=1S/C12H8N4O6S.C12H19N3O6/c13-23(21,22)8-3-1-2-5-9(8)7(16(19)20)4-6-10(5)15-12(18)11(17)14-6;13-6-9(16)15-5-1-2-8(15)11(19)14-7(12(20)21)3-4-10(17)18/h1-4H,(H,14,17)(H,15,18)(H2,13,21,22);7-8H,1-6,13H2,(H,14,19)(H,17,18)(H,20,21)/t;7-,8-/m.0/s1. The zero-order valence-electron chi connectivity index (χ0n) is 22.6. The van der Waals surface area contributed by atoms with Crippen LogP contribution in [0, 0.1) is 10.1 Å². The first-order valence-corrected chi connectivity index (χ1v) is 14.2. The summed E-state index contributed by atoms with van der Waals surface area (Å²) in [6.45, 7) is 0.187.